The fourth-order valence-electron chi connectivity index (χ4n) is 5.49. The summed E-state index contributed by atoms with van der Waals surface area (Å²) in [7, 11) is 0. The van der Waals surface area contributed by atoms with Crippen LogP contribution in [0.15, 0.2) is 72.8 Å². The highest BCUT2D eigenvalue weighted by molar-refractivity contribution is 6.10. The van der Waals surface area contributed by atoms with Crippen molar-refractivity contribution in [3.63, 3.8) is 0 Å². The number of benzene rings is 3. The van der Waals surface area contributed by atoms with E-state index in [0.29, 0.717) is 16.9 Å². The van der Waals surface area contributed by atoms with Gasteiger partial charge in [-0.2, -0.15) is 0 Å². The van der Waals surface area contributed by atoms with E-state index < -0.39 is 41.7 Å². The second-order valence-electron chi connectivity index (χ2n) is 10.9. The second kappa shape index (κ2) is 13.1. The third-order valence-electron chi connectivity index (χ3n) is 7.98. The van der Waals surface area contributed by atoms with Crippen LogP contribution in [-0.4, -0.2) is 65.1 Å². The molecule has 228 valence electrons. The summed E-state index contributed by atoms with van der Waals surface area (Å²) >= 11 is 0. The molecule has 2 N–H and O–H groups in total. The zero-order valence-corrected chi connectivity index (χ0v) is 24.4. The van der Waals surface area contributed by atoms with E-state index in [1.807, 2.05) is 0 Å². The highest BCUT2D eigenvalue weighted by Gasteiger charge is 2.47. The first-order valence-corrected chi connectivity index (χ1v) is 14.4. The number of carbonyl (C=O) groups excluding carboxylic acids is 5. The van der Waals surface area contributed by atoms with Crippen LogP contribution in [0.4, 0.5) is 14.9 Å². The lowest BCUT2D eigenvalue weighted by molar-refractivity contribution is -0.134. The molecule has 3 aromatic carbocycles. The molecule has 3 atom stereocenters. The molecule has 2 fully saturated rings. The zero-order valence-electron chi connectivity index (χ0n) is 24.4. The minimum Gasteiger partial charge on any atom is -0.484 e. The Bertz CT molecular complexity index is 1570. The van der Waals surface area contributed by atoms with Gasteiger partial charge in [-0.3, -0.25) is 19.2 Å². The van der Waals surface area contributed by atoms with Crippen LogP contribution in [0.3, 0.4) is 0 Å². The van der Waals surface area contributed by atoms with Gasteiger partial charge in [-0.25, -0.2) is 14.1 Å². The predicted octanol–water partition coefficient (Wildman–Crippen LogP) is 4.43. The molecule has 0 spiro atoms. The van der Waals surface area contributed by atoms with Crippen LogP contribution in [-0.2, 0) is 14.4 Å². The number of hydrogen-bond donors (Lipinski definition) is 2. The van der Waals surface area contributed by atoms with E-state index in [9.17, 15) is 28.4 Å². The van der Waals surface area contributed by atoms with E-state index in [0.717, 1.165) is 36.9 Å². The molecule has 2 aliphatic heterocycles. The number of imide groups is 1. The van der Waals surface area contributed by atoms with Crippen molar-refractivity contribution in [1.29, 1.82) is 0 Å². The first kappa shape index (κ1) is 30.4. The number of nitrogens with zero attached hydrogens (tertiary/aromatic N) is 2. The summed E-state index contributed by atoms with van der Waals surface area (Å²) in [6.45, 7) is 4.36. The SMILES string of the molecule is CC(=O)c1ccc(NC(=O)[C@H]([C@@H](C)c2ccccc2)N2C(=O)NC(c3ccc(OCC(=O)N4CCCC4)cc3)C2=O)c(F)c1. The number of Topliss-reactive ketones (excluding diaryl/α,β-unsaturated/α-hetero) is 1. The summed E-state index contributed by atoms with van der Waals surface area (Å²) < 4.78 is 20.5. The summed E-state index contributed by atoms with van der Waals surface area (Å²) in [6, 6.07) is 15.8. The van der Waals surface area contributed by atoms with Crippen LogP contribution in [0.5, 0.6) is 5.75 Å². The average Bonchev–Trinajstić information content (AvgIpc) is 3.66. The number of ether oxygens (including phenoxy) is 1. The third kappa shape index (κ3) is 6.46. The van der Waals surface area contributed by atoms with Gasteiger partial charge in [0.25, 0.3) is 11.8 Å². The molecule has 10 nitrogen and oxygen atoms in total. The van der Waals surface area contributed by atoms with Crippen molar-refractivity contribution in [2.24, 2.45) is 0 Å². The largest absolute Gasteiger partial charge is 0.484 e. The Balaban J connectivity index is 1.35. The van der Waals surface area contributed by atoms with Crippen LogP contribution in [0.2, 0.25) is 0 Å². The van der Waals surface area contributed by atoms with Gasteiger partial charge in [0.15, 0.2) is 12.4 Å². The maximum atomic E-state index is 14.8. The second-order valence-corrected chi connectivity index (χ2v) is 10.9. The van der Waals surface area contributed by atoms with Gasteiger partial charge in [-0.15, -0.1) is 0 Å². The zero-order chi connectivity index (χ0) is 31.4. The number of amides is 5. The van der Waals surface area contributed by atoms with Crippen LogP contribution >= 0.6 is 0 Å². The number of carbonyl (C=O) groups is 5. The fraction of sp³-hybridized carbons (Fsp3) is 0.303. The van der Waals surface area contributed by atoms with Gasteiger partial charge in [0.1, 0.15) is 23.7 Å². The van der Waals surface area contributed by atoms with Crippen molar-refractivity contribution in [2.45, 2.75) is 44.7 Å². The monoisotopic (exact) mass is 600 g/mol. The first-order chi connectivity index (χ1) is 21.1. The van der Waals surface area contributed by atoms with Gasteiger partial charge in [0.05, 0.1) is 5.69 Å². The molecule has 0 saturated carbocycles. The normalized spacial score (nSPS) is 17.7. The van der Waals surface area contributed by atoms with Crippen LogP contribution in [0.1, 0.15) is 60.1 Å². The number of hydrogen-bond acceptors (Lipinski definition) is 6. The molecule has 5 rings (SSSR count). The van der Waals surface area contributed by atoms with Crippen molar-refractivity contribution in [3.8, 4) is 5.75 Å². The van der Waals surface area contributed by atoms with Crippen molar-refractivity contribution < 1.29 is 33.1 Å². The van der Waals surface area contributed by atoms with E-state index in [1.54, 1.807) is 66.4 Å². The summed E-state index contributed by atoms with van der Waals surface area (Å²) in [5.41, 5.74) is 1.10. The van der Waals surface area contributed by atoms with E-state index >= 15 is 0 Å². The van der Waals surface area contributed by atoms with E-state index in [1.165, 1.54) is 19.1 Å². The van der Waals surface area contributed by atoms with Gasteiger partial charge in [0.2, 0.25) is 5.91 Å². The molecule has 44 heavy (non-hydrogen) atoms. The van der Waals surface area contributed by atoms with E-state index in [-0.39, 0.29) is 29.5 Å². The Morgan fingerprint density at radius 2 is 1.68 bits per heavy atom. The molecule has 0 aromatic heterocycles. The molecule has 5 amide bonds. The quantitative estimate of drug-likeness (QED) is 0.262. The standard InChI is InChI=1S/C33H33FN4O6/c1-20(22-8-4-3-5-9-22)30(31(41)35-27-15-12-24(21(2)39)18-26(27)34)38-32(42)29(36-33(38)43)23-10-13-25(14-11-23)44-19-28(40)37-16-6-7-17-37/h3-5,8-15,18,20,29-30H,6-7,16-17,19H2,1-2H3,(H,35,41)(H,36,43)/t20-,29?,30-/m0/s1. The van der Waals surface area contributed by atoms with Gasteiger partial charge in [-0.1, -0.05) is 49.4 Å². The molecule has 0 radical (unpaired) electrons. The Labute approximate surface area is 254 Å². The molecule has 3 aromatic rings. The Morgan fingerprint density at radius 1 is 1.00 bits per heavy atom. The lowest BCUT2D eigenvalue weighted by Crippen LogP contribution is -2.50. The van der Waals surface area contributed by atoms with Crippen LogP contribution in [0, 0.1) is 5.82 Å². The summed E-state index contributed by atoms with van der Waals surface area (Å²) in [4.78, 5) is 67.3. The Morgan fingerprint density at radius 3 is 2.32 bits per heavy atom. The van der Waals surface area contributed by atoms with Crippen molar-refractivity contribution >= 4 is 35.2 Å². The average molecular weight is 601 g/mol. The van der Waals surface area contributed by atoms with E-state index in [4.69, 9.17) is 4.74 Å². The molecule has 0 bridgehead atoms. The molecule has 2 heterocycles. The highest BCUT2D eigenvalue weighted by atomic mass is 19.1. The highest BCUT2D eigenvalue weighted by Crippen LogP contribution is 2.32. The molecule has 2 saturated heterocycles. The Kier molecular flexibility index (Phi) is 9.03. The first-order valence-electron chi connectivity index (χ1n) is 14.4. The number of anilines is 1. The summed E-state index contributed by atoms with van der Waals surface area (Å²) in [6.07, 6.45) is 1.96. The third-order valence-corrected chi connectivity index (χ3v) is 7.98. The van der Waals surface area contributed by atoms with Crippen molar-refractivity contribution in [2.75, 3.05) is 25.0 Å². The van der Waals surface area contributed by atoms with Crippen LogP contribution < -0.4 is 15.4 Å². The minimum absolute atomic E-state index is 0.0908. The van der Waals surface area contributed by atoms with E-state index in [2.05, 4.69) is 10.6 Å². The number of halogens is 1. The molecule has 0 aliphatic carbocycles. The molecule has 11 heteroatoms. The fourth-order valence-corrected chi connectivity index (χ4v) is 5.49. The van der Waals surface area contributed by atoms with Gasteiger partial charge < -0.3 is 20.3 Å². The number of rotatable bonds is 10. The smallest absolute Gasteiger partial charge is 0.325 e. The topological polar surface area (TPSA) is 125 Å². The number of ketones is 1. The van der Waals surface area contributed by atoms with Crippen molar-refractivity contribution in [1.82, 2.24) is 15.1 Å². The Hall–Kier alpha value is -5.06. The summed E-state index contributed by atoms with van der Waals surface area (Å²) in [5, 5.41) is 5.16. The molecule has 1 unspecified atom stereocenters. The number of nitrogens with one attached hydrogen (secondary N) is 2. The van der Waals surface area contributed by atoms with Crippen molar-refractivity contribution in [3.05, 3.63) is 95.3 Å². The molecule has 2 aliphatic rings. The summed E-state index contributed by atoms with van der Waals surface area (Å²) in [5.74, 6) is -2.90. The minimum atomic E-state index is -1.33. The lowest BCUT2D eigenvalue weighted by atomic mass is 9.91. The van der Waals surface area contributed by atoms with Crippen LogP contribution in [0.25, 0.3) is 0 Å². The molecular weight excluding hydrogens is 567 g/mol. The lowest BCUT2D eigenvalue weighted by Gasteiger charge is -2.30. The van der Waals surface area contributed by atoms with Gasteiger partial charge in [0, 0.05) is 24.6 Å². The maximum Gasteiger partial charge on any atom is 0.325 e. The predicted molar refractivity (Wildman–Crippen MR) is 160 cm³/mol. The van der Waals surface area contributed by atoms with Gasteiger partial charge in [-0.05, 0) is 61.2 Å². The molecular formula is C33H33FN4O6. The number of likely N-dealkylation sites (tertiary alicyclic amines) is 1. The maximum absolute atomic E-state index is 14.8. The van der Waals surface area contributed by atoms with Gasteiger partial charge >= 0.3 is 6.03 Å². The number of urea groups is 1.